The Hall–Kier alpha value is -1.17. The third-order valence-electron chi connectivity index (χ3n) is 4.90. The molecular formula is C18H29N3O2. The molecule has 1 N–H and O–H groups in total. The van der Waals surface area contributed by atoms with Crippen molar-refractivity contribution in [2.45, 2.75) is 51.7 Å². The van der Waals surface area contributed by atoms with Crippen LogP contribution in [0, 0.1) is 0 Å². The van der Waals surface area contributed by atoms with E-state index in [0.717, 1.165) is 58.7 Å². The molecule has 1 saturated heterocycles. The molecule has 1 atom stereocenters. The Labute approximate surface area is 138 Å². The van der Waals surface area contributed by atoms with Gasteiger partial charge in [0, 0.05) is 50.0 Å². The maximum atomic E-state index is 12.3. The van der Waals surface area contributed by atoms with Crippen molar-refractivity contribution in [3.63, 3.8) is 0 Å². The van der Waals surface area contributed by atoms with Crippen LogP contribution in [0.4, 0.5) is 0 Å². The summed E-state index contributed by atoms with van der Waals surface area (Å²) in [4.78, 5) is 14.7. The number of hydrogen-bond acceptors (Lipinski definition) is 4. The first-order chi connectivity index (χ1) is 11.1. The third kappa shape index (κ3) is 4.22. The largest absolute Gasteiger partial charge is 0.379 e. The van der Waals surface area contributed by atoms with Crippen LogP contribution < -0.4 is 10.9 Å². The number of pyridine rings is 1. The quantitative estimate of drug-likeness (QED) is 0.881. The van der Waals surface area contributed by atoms with E-state index in [1.807, 2.05) is 10.6 Å². The molecule has 5 heteroatoms. The van der Waals surface area contributed by atoms with Gasteiger partial charge in [-0.05, 0) is 24.8 Å². The van der Waals surface area contributed by atoms with Crippen molar-refractivity contribution in [2.24, 2.45) is 0 Å². The maximum Gasteiger partial charge on any atom is 0.250 e. The summed E-state index contributed by atoms with van der Waals surface area (Å²) in [5, 5.41) is 3.63. The number of morpholine rings is 1. The van der Waals surface area contributed by atoms with Gasteiger partial charge in [0.05, 0.1) is 13.2 Å². The van der Waals surface area contributed by atoms with E-state index in [4.69, 9.17) is 4.74 Å². The lowest BCUT2D eigenvalue weighted by atomic mass is 9.91. The molecule has 1 fully saturated rings. The van der Waals surface area contributed by atoms with E-state index in [1.54, 1.807) is 6.07 Å². The van der Waals surface area contributed by atoms with Crippen LogP contribution in [0.2, 0.25) is 0 Å². The number of rotatable bonds is 5. The van der Waals surface area contributed by atoms with Crippen molar-refractivity contribution in [3.05, 3.63) is 33.7 Å². The first kappa shape index (κ1) is 16.7. The fourth-order valence-corrected chi connectivity index (χ4v) is 3.75. The van der Waals surface area contributed by atoms with E-state index < -0.39 is 0 Å². The Balaban J connectivity index is 1.70. The van der Waals surface area contributed by atoms with Crippen molar-refractivity contribution in [1.29, 1.82) is 0 Å². The van der Waals surface area contributed by atoms with Crippen LogP contribution in [0.25, 0.3) is 0 Å². The van der Waals surface area contributed by atoms with Crippen LogP contribution in [0.5, 0.6) is 0 Å². The van der Waals surface area contributed by atoms with Crippen molar-refractivity contribution in [2.75, 3.05) is 32.8 Å². The van der Waals surface area contributed by atoms with Crippen molar-refractivity contribution < 1.29 is 4.74 Å². The number of aromatic nitrogens is 1. The van der Waals surface area contributed by atoms with Gasteiger partial charge in [-0.3, -0.25) is 9.69 Å². The van der Waals surface area contributed by atoms with Crippen LogP contribution in [-0.2, 0) is 24.1 Å². The highest BCUT2D eigenvalue weighted by molar-refractivity contribution is 5.25. The van der Waals surface area contributed by atoms with E-state index in [-0.39, 0.29) is 5.56 Å². The summed E-state index contributed by atoms with van der Waals surface area (Å²) in [6.45, 7) is 9.69. The molecule has 0 radical (unpaired) electrons. The van der Waals surface area contributed by atoms with Gasteiger partial charge in [-0.1, -0.05) is 19.9 Å². The molecule has 1 aliphatic heterocycles. The number of nitrogens with one attached hydrogen (secondary N) is 1. The molecule has 0 bridgehead atoms. The average molecular weight is 319 g/mol. The zero-order chi connectivity index (χ0) is 16.2. The SMILES string of the molecule is CC(C)NC1CCc2c(ccc(=O)n2CCN2CCOCC2)C1. The molecule has 0 spiro atoms. The summed E-state index contributed by atoms with van der Waals surface area (Å²) < 4.78 is 7.40. The van der Waals surface area contributed by atoms with E-state index in [9.17, 15) is 4.79 Å². The summed E-state index contributed by atoms with van der Waals surface area (Å²) in [5.41, 5.74) is 2.75. The molecule has 3 rings (SSSR count). The molecule has 1 unspecified atom stereocenters. The molecule has 128 valence electrons. The van der Waals surface area contributed by atoms with Crippen LogP contribution in [0.3, 0.4) is 0 Å². The van der Waals surface area contributed by atoms with E-state index >= 15 is 0 Å². The zero-order valence-electron chi connectivity index (χ0n) is 14.4. The minimum absolute atomic E-state index is 0.146. The molecule has 0 saturated carbocycles. The first-order valence-corrected chi connectivity index (χ1v) is 8.91. The van der Waals surface area contributed by atoms with E-state index in [1.165, 1.54) is 11.3 Å². The van der Waals surface area contributed by atoms with E-state index in [0.29, 0.717) is 12.1 Å². The highest BCUT2D eigenvalue weighted by atomic mass is 16.5. The lowest BCUT2D eigenvalue weighted by molar-refractivity contribution is 0.0361. The number of hydrogen-bond donors (Lipinski definition) is 1. The summed E-state index contributed by atoms with van der Waals surface area (Å²) in [7, 11) is 0. The Morgan fingerprint density at radius 1 is 1.26 bits per heavy atom. The van der Waals surface area contributed by atoms with Gasteiger partial charge in [0.1, 0.15) is 0 Å². The smallest absolute Gasteiger partial charge is 0.250 e. The van der Waals surface area contributed by atoms with Crippen molar-refractivity contribution >= 4 is 0 Å². The van der Waals surface area contributed by atoms with Gasteiger partial charge in [-0.2, -0.15) is 0 Å². The van der Waals surface area contributed by atoms with Gasteiger partial charge in [-0.25, -0.2) is 0 Å². The zero-order valence-corrected chi connectivity index (χ0v) is 14.4. The molecule has 0 aromatic carbocycles. The fraction of sp³-hybridized carbons (Fsp3) is 0.722. The fourth-order valence-electron chi connectivity index (χ4n) is 3.75. The molecule has 1 aliphatic carbocycles. The van der Waals surface area contributed by atoms with E-state index in [2.05, 4.69) is 24.1 Å². The second-order valence-electron chi connectivity index (χ2n) is 7.01. The molecule has 1 aromatic rings. The normalized spacial score (nSPS) is 22.3. The summed E-state index contributed by atoms with van der Waals surface area (Å²) in [5.74, 6) is 0. The van der Waals surface area contributed by atoms with Crippen molar-refractivity contribution in [1.82, 2.24) is 14.8 Å². The van der Waals surface area contributed by atoms with Gasteiger partial charge >= 0.3 is 0 Å². The minimum Gasteiger partial charge on any atom is -0.379 e. The van der Waals surface area contributed by atoms with Crippen molar-refractivity contribution in [3.8, 4) is 0 Å². The molecule has 0 amide bonds. The highest BCUT2D eigenvalue weighted by Crippen LogP contribution is 2.20. The summed E-state index contributed by atoms with van der Waals surface area (Å²) >= 11 is 0. The van der Waals surface area contributed by atoms with Gasteiger partial charge in [0.25, 0.3) is 5.56 Å². The first-order valence-electron chi connectivity index (χ1n) is 8.91. The molecule has 5 nitrogen and oxygen atoms in total. The van der Waals surface area contributed by atoms with Crippen LogP contribution in [0.1, 0.15) is 31.5 Å². The monoisotopic (exact) mass is 319 g/mol. The topological polar surface area (TPSA) is 46.5 Å². The number of nitrogens with zero attached hydrogens (tertiary/aromatic N) is 2. The Morgan fingerprint density at radius 2 is 2.04 bits per heavy atom. The average Bonchev–Trinajstić information content (AvgIpc) is 2.54. The molecular weight excluding hydrogens is 290 g/mol. The Kier molecular flexibility index (Phi) is 5.51. The van der Waals surface area contributed by atoms with Gasteiger partial charge < -0.3 is 14.6 Å². The number of ether oxygens (including phenoxy) is 1. The maximum absolute atomic E-state index is 12.3. The molecule has 1 aromatic heterocycles. The highest BCUT2D eigenvalue weighted by Gasteiger charge is 2.22. The molecule has 23 heavy (non-hydrogen) atoms. The molecule has 2 aliphatic rings. The summed E-state index contributed by atoms with van der Waals surface area (Å²) in [6.07, 6.45) is 3.15. The lowest BCUT2D eigenvalue weighted by Gasteiger charge is -2.30. The standard InChI is InChI=1S/C18H29N3O2/c1-14(2)19-16-4-5-17-15(13-16)3-6-18(22)21(17)8-7-20-9-11-23-12-10-20/h3,6,14,16,19H,4-5,7-13H2,1-2H3. The second-order valence-corrected chi connectivity index (χ2v) is 7.01. The van der Waals surface area contributed by atoms with Crippen LogP contribution in [0.15, 0.2) is 16.9 Å². The minimum atomic E-state index is 0.146. The Bertz CT molecular complexity index is 576. The van der Waals surface area contributed by atoms with Gasteiger partial charge in [0.15, 0.2) is 0 Å². The van der Waals surface area contributed by atoms with Crippen LogP contribution >= 0.6 is 0 Å². The summed E-state index contributed by atoms with van der Waals surface area (Å²) in [6, 6.07) is 4.83. The van der Waals surface area contributed by atoms with Gasteiger partial charge in [-0.15, -0.1) is 0 Å². The van der Waals surface area contributed by atoms with Crippen LogP contribution in [-0.4, -0.2) is 54.4 Å². The third-order valence-corrected chi connectivity index (χ3v) is 4.90. The predicted octanol–water partition coefficient (Wildman–Crippen LogP) is 1.04. The number of fused-ring (bicyclic) bond motifs is 1. The Morgan fingerprint density at radius 3 is 2.78 bits per heavy atom. The van der Waals surface area contributed by atoms with Gasteiger partial charge in [0.2, 0.25) is 0 Å². The molecule has 2 heterocycles. The second kappa shape index (κ2) is 7.60. The lowest BCUT2D eigenvalue weighted by Crippen LogP contribution is -2.42. The predicted molar refractivity (Wildman–Crippen MR) is 92.0 cm³/mol.